The van der Waals surface area contributed by atoms with E-state index >= 15 is 0 Å². The SMILES string of the molecule is COc1cc(/C=C2\C(=O)NC(=O)N(c3ccccc3C)C2=O)ccc1OCc1cccc(F)c1. The third-order valence-electron chi connectivity index (χ3n) is 5.24. The number of hydrogen-bond donors (Lipinski definition) is 1. The zero-order chi connectivity index (χ0) is 24.2. The number of carbonyl (C=O) groups excluding carboxylic acids is 3. The van der Waals surface area contributed by atoms with Gasteiger partial charge in [0.1, 0.15) is 18.0 Å². The van der Waals surface area contributed by atoms with Gasteiger partial charge in [-0.15, -0.1) is 0 Å². The molecule has 1 fully saturated rings. The maximum atomic E-state index is 13.4. The van der Waals surface area contributed by atoms with Gasteiger partial charge in [-0.3, -0.25) is 14.9 Å². The van der Waals surface area contributed by atoms with Crippen molar-refractivity contribution < 1.29 is 28.2 Å². The summed E-state index contributed by atoms with van der Waals surface area (Å²) in [5.74, 6) is -1.10. The van der Waals surface area contributed by atoms with Gasteiger partial charge >= 0.3 is 6.03 Å². The Morgan fingerprint density at radius 1 is 0.971 bits per heavy atom. The van der Waals surface area contributed by atoms with E-state index in [0.29, 0.717) is 33.9 Å². The normalized spacial score (nSPS) is 14.9. The molecule has 0 atom stereocenters. The summed E-state index contributed by atoms with van der Waals surface area (Å²) < 4.78 is 24.5. The van der Waals surface area contributed by atoms with E-state index in [1.54, 1.807) is 61.5 Å². The third-order valence-corrected chi connectivity index (χ3v) is 5.24. The number of hydrogen-bond acceptors (Lipinski definition) is 5. The van der Waals surface area contributed by atoms with Crippen LogP contribution in [0.5, 0.6) is 11.5 Å². The molecular formula is C26H21FN2O5. The summed E-state index contributed by atoms with van der Waals surface area (Å²) >= 11 is 0. The standard InChI is InChI=1S/C26H21FN2O5/c1-16-6-3-4-9-21(16)29-25(31)20(24(30)28-26(29)32)13-17-10-11-22(23(14-17)33-2)34-15-18-7-5-8-19(27)12-18/h3-14H,15H2,1-2H3,(H,28,30,32)/b20-13+. The predicted octanol–water partition coefficient (Wildman–Crippen LogP) is 4.39. The number of anilines is 1. The Hall–Kier alpha value is -4.46. The lowest BCUT2D eigenvalue weighted by molar-refractivity contribution is -0.122. The van der Waals surface area contributed by atoms with Crippen LogP contribution >= 0.6 is 0 Å². The zero-order valence-corrected chi connectivity index (χ0v) is 18.5. The monoisotopic (exact) mass is 460 g/mol. The Kier molecular flexibility index (Phi) is 6.40. The minimum absolute atomic E-state index is 0.128. The molecule has 1 aliphatic rings. The summed E-state index contributed by atoms with van der Waals surface area (Å²) in [5, 5.41) is 2.21. The second-order valence-corrected chi connectivity index (χ2v) is 7.57. The second-order valence-electron chi connectivity index (χ2n) is 7.57. The van der Waals surface area contributed by atoms with Crippen LogP contribution in [0.15, 0.2) is 72.3 Å². The number of nitrogens with zero attached hydrogens (tertiary/aromatic N) is 1. The smallest absolute Gasteiger partial charge is 0.335 e. The molecule has 0 aliphatic carbocycles. The molecule has 8 heteroatoms. The maximum absolute atomic E-state index is 13.4. The number of ether oxygens (including phenoxy) is 2. The molecule has 7 nitrogen and oxygen atoms in total. The molecule has 0 spiro atoms. The number of amides is 4. The van der Waals surface area contributed by atoms with Crippen molar-refractivity contribution in [1.82, 2.24) is 5.32 Å². The van der Waals surface area contributed by atoms with Gasteiger partial charge in [-0.2, -0.15) is 0 Å². The first kappa shape index (κ1) is 22.7. The average Bonchev–Trinajstić information content (AvgIpc) is 2.82. The molecule has 3 aromatic carbocycles. The highest BCUT2D eigenvalue weighted by Crippen LogP contribution is 2.31. The fourth-order valence-corrected chi connectivity index (χ4v) is 3.54. The Bertz CT molecular complexity index is 1320. The van der Waals surface area contributed by atoms with Crippen molar-refractivity contribution in [2.45, 2.75) is 13.5 Å². The van der Waals surface area contributed by atoms with Crippen LogP contribution in [0.1, 0.15) is 16.7 Å². The Morgan fingerprint density at radius 3 is 2.50 bits per heavy atom. The van der Waals surface area contributed by atoms with Crippen molar-refractivity contribution in [1.29, 1.82) is 0 Å². The van der Waals surface area contributed by atoms with Crippen LogP contribution in [-0.2, 0) is 16.2 Å². The van der Waals surface area contributed by atoms with E-state index < -0.39 is 17.8 Å². The van der Waals surface area contributed by atoms with Crippen LogP contribution in [0, 0.1) is 12.7 Å². The minimum Gasteiger partial charge on any atom is -0.493 e. The lowest BCUT2D eigenvalue weighted by atomic mass is 10.1. The molecular weight excluding hydrogens is 439 g/mol. The summed E-state index contributed by atoms with van der Waals surface area (Å²) in [4.78, 5) is 38.9. The van der Waals surface area contributed by atoms with Gasteiger partial charge < -0.3 is 9.47 Å². The summed E-state index contributed by atoms with van der Waals surface area (Å²) in [6, 6.07) is 17.0. The maximum Gasteiger partial charge on any atom is 0.335 e. The van der Waals surface area contributed by atoms with Gasteiger partial charge in [0, 0.05) is 0 Å². The predicted molar refractivity (Wildman–Crippen MR) is 124 cm³/mol. The van der Waals surface area contributed by atoms with Gasteiger partial charge in [-0.1, -0.05) is 36.4 Å². The number of carbonyl (C=O) groups is 3. The Balaban J connectivity index is 1.60. The number of para-hydroxylation sites is 1. The molecule has 172 valence electrons. The summed E-state index contributed by atoms with van der Waals surface area (Å²) in [7, 11) is 1.46. The number of nitrogens with one attached hydrogen (secondary N) is 1. The van der Waals surface area contributed by atoms with E-state index in [4.69, 9.17) is 9.47 Å². The van der Waals surface area contributed by atoms with E-state index in [1.165, 1.54) is 25.3 Å². The highest BCUT2D eigenvalue weighted by molar-refractivity contribution is 6.39. The van der Waals surface area contributed by atoms with E-state index in [9.17, 15) is 18.8 Å². The molecule has 3 aromatic rings. The van der Waals surface area contributed by atoms with Crippen LogP contribution in [0.4, 0.5) is 14.9 Å². The van der Waals surface area contributed by atoms with E-state index in [1.807, 2.05) is 0 Å². The van der Waals surface area contributed by atoms with Gasteiger partial charge in [0.25, 0.3) is 11.8 Å². The van der Waals surface area contributed by atoms with Crippen LogP contribution in [0.3, 0.4) is 0 Å². The van der Waals surface area contributed by atoms with Crippen molar-refractivity contribution in [3.05, 3.63) is 94.8 Å². The Morgan fingerprint density at radius 2 is 1.76 bits per heavy atom. The molecule has 0 radical (unpaired) electrons. The molecule has 0 saturated carbocycles. The molecule has 1 N–H and O–H groups in total. The lowest BCUT2D eigenvalue weighted by Gasteiger charge is -2.27. The molecule has 1 saturated heterocycles. The zero-order valence-electron chi connectivity index (χ0n) is 18.5. The number of methoxy groups -OCH3 is 1. The largest absolute Gasteiger partial charge is 0.493 e. The van der Waals surface area contributed by atoms with E-state index in [0.717, 1.165) is 4.90 Å². The molecule has 4 rings (SSSR count). The van der Waals surface area contributed by atoms with Crippen molar-refractivity contribution in [3.8, 4) is 11.5 Å². The number of imide groups is 2. The first-order valence-corrected chi connectivity index (χ1v) is 10.4. The Labute approximate surface area is 195 Å². The van der Waals surface area contributed by atoms with Crippen molar-refractivity contribution in [3.63, 3.8) is 0 Å². The minimum atomic E-state index is -0.805. The van der Waals surface area contributed by atoms with E-state index in [-0.39, 0.29) is 18.0 Å². The van der Waals surface area contributed by atoms with Gasteiger partial charge in [0.05, 0.1) is 12.8 Å². The first-order chi connectivity index (χ1) is 16.4. The van der Waals surface area contributed by atoms with Crippen molar-refractivity contribution >= 4 is 29.6 Å². The summed E-state index contributed by atoms with van der Waals surface area (Å²) in [6.45, 7) is 1.89. The molecule has 0 aromatic heterocycles. The molecule has 34 heavy (non-hydrogen) atoms. The second kappa shape index (κ2) is 9.58. The van der Waals surface area contributed by atoms with E-state index in [2.05, 4.69) is 5.32 Å². The number of rotatable bonds is 6. The fraction of sp³-hybridized carbons (Fsp3) is 0.115. The molecule has 0 bridgehead atoms. The third kappa shape index (κ3) is 4.66. The molecule has 0 unspecified atom stereocenters. The highest BCUT2D eigenvalue weighted by atomic mass is 19.1. The average molecular weight is 460 g/mol. The van der Waals surface area contributed by atoms with Crippen LogP contribution in [0.2, 0.25) is 0 Å². The summed E-state index contributed by atoms with van der Waals surface area (Å²) in [6.07, 6.45) is 1.38. The van der Waals surface area contributed by atoms with Gasteiger partial charge in [0.2, 0.25) is 0 Å². The molecule has 4 amide bonds. The summed E-state index contributed by atoms with van der Waals surface area (Å²) in [5.41, 5.74) is 2.05. The molecule has 1 heterocycles. The van der Waals surface area contributed by atoms with Gasteiger partial charge in [0.15, 0.2) is 11.5 Å². The van der Waals surface area contributed by atoms with Crippen molar-refractivity contribution in [2.24, 2.45) is 0 Å². The first-order valence-electron chi connectivity index (χ1n) is 10.4. The fourth-order valence-electron chi connectivity index (χ4n) is 3.54. The number of aryl methyl sites for hydroxylation is 1. The number of halogens is 1. The van der Waals surface area contributed by atoms with Crippen LogP contribution in [0.25, 0.3) is 6.08 Å². The topological polar surface area (TPSA) is 84.9 Å². The van der Waals surface area contributed by atoms with Crippen LogP contribution < -0.4 is 19.7 Å². The van der Waals surface area contributed by atoms with Crippen molar-refractivity contribution in [2.75, 3.05) is 12.0 Å². The van der Waals surface area contributed by atoms with Crippen LogP contribution in [-0.4, -0.2) is 25.0 Å². The van der Waals surface area contributed by atoms with Gasteiger partial charge in [-0.25, -0.2) is 14.1 Å². The van der Waals surface area contributed by atoms with Gasteiger partial charge in [-0.05, 0) is 60.0 Å². The molecule has 1 aliphatic heterocycles. The highest BCUT2D eigenvalue weighted by Gasteiger charge is 2.37. The quantitative estimate of drug-likeness (QED) is 0.436. The number of barbiturate groups is 1. The number of benzene rings is 3. The lowest BCUT2D eigenvalue weighted by Crippen LogP contribution is -2.54. The number of urea groups is 1.